The molecule has 0 radical (unpaired) electrons. The predicted octanol–water partition coefficient (Wildman–Crippen LogP) is 3.41. The summed E-state index contributed by atoms with van der Waals surface area (Å²) in [4.78, 5) is 6.50. The van der Waals surface area contributed by atoms with Gasteiger partial charge < -0.3 is 10.1 Å². The molecule has 1 fully saturated rings. The van der Waals surface area contributed by atoms with Gasteiger partial charge in [-0.2, -0.15) is 0 Å². The highest BCUT2D eigenvalue weighted by atomic mass is 32.1. The molecule has 3 rings (SSSR count). The van der Waals surface area contributed by atoms with Gasteiger partial charge in [0.1, 0.15) is 10.5 Å². The molecular weight excluding hydrogens is 268 g/mol. The minimum absolute atomic E-state index is 0.109. The van der Waals surface area contributed by atoms with E-state index in [0.29, 0.717) is 0 Å². The quantitative estimate of drug-likeness (QED) is 0.927. The zero-order valence-corrected chi connectivity index (χ0v) is 14.1. The van der Waals surface area contributed by atoms with Crippen molar-refractivity contribution in [3.05, 3.63) is 15.6 Å². The van der Waals surface area contributed by atoms with E-state index in [-0.39, 0.29) is 16.7 Å². The Morgan fingerprint density at radius 3 is 2.55 bits per heavy atom. The van der Waals surface area contributed by atoms with Crippen LogP contribution in [0.15, 0.2) is 0 Å². The lowest BCUT2D eigenvalue weighted by Crippen LogP contribution is -2.54. The summed E-state index contributed by atoms with van der Waals surface area (Å²) in [5, 5.41) is 4.97. The topological polar surface area (TPSA) is 34.2 Å². The van der Waals surface area contributed by atoms with E-state index >= 15 is 0 Å². The van der Waals surface area contributed by atoms with Gasteiger partial charge in [-0.25, -0.2) is 4.98 Å². The van der Waals surface area contributed by atoms with Gasteiger partial charge in [0, 0.05) is 11.3 Å². The van der Waals surface area contributed by atoms with E-state index in [2.05, 4.69) is 39.9 Å². The van der Waals surface area contributed by atoms with E-state index in [9.17, 15) is 0 Å². The van der Waals surface area contributed by atoms with Crippen LogP contribution in [0.2, 0.25) is 0 Å². The number of hydrogen-bond acceptors (Lipinski definition) is 4. The Balaban J connectivity index is 2.07. The normalized spacial score (nSPS) is 30.6. The van der Waals surface area contributed by atoms with Crippen molar-refractivity contribution in [2.24, 2.45) is 0 Å². The van der Waals surface area contributed by atoms with Gasteiger partial charge >= 0.3 is 0 Å². The summed E-state index contributed by atoms with van der Waals surface area (Å²) in [5.74, 6) is 0. The third-order valence-electron chi connectivity index (χ3n) is 4.69. The SMILES string of the molecule is CCNC1(c2nc3c(s2)CCC3)CC(C)(C)OC1(C)C. The Kier molecular flexibility index (Phi) is 3.27. The first-order valence-electron chi connectivity index (χ1n) is 7.74. The van der Waals surface area contributed by atoms with Crippen molar-refractivity contribution in [1.82, 2.24) is 10.3 Å². The summed E-state index contributed by atoms with van der Waals surface area (Å²) in [6.45, 7) is 11.9. The molecule has 2 heterocycles. The molecule has 0 amide bonds. The van der Waals surface area contributed by atoms with Gasteiger partial charge in [-0.1, -0.05) is 6.92 Å². The van der Waals surface area contributed by atoms with E-state index in [1.54, 1.807) is 0 Å². The van der Waals surface area contributed by atoms with E-state index in [1.165, 1.54) is 28.4 Å². The molecule has 1 aromatic heterocycles. The molecule has 0 bridgehead atoms. The molecule has 1 atom stereocenters. The summed E-state index contributed by atoms with van der Waals surface area (Å²) < 4.78 is 6.36. The Hall–Kier alpha value is -0.450. The van der Waals surface area contributed by atoms with E-state index in [0.717, 1.165) is 19.4 Å². The summed E-state index contributed by atoms with van der Waals surface area (Å²) >= 11 is 1.91. The molecule has 4 heteroatoms. The highest BCUT2D eigenvalue weighted by molar-refractivity contribution is 7.12. The monoisotopic (exact) mass is 294 g/mol. The van der Waals surface area contributed by atoms with Gasteiger partial charge in [0.05, 0.1) is 16.9 Å². The second-order valence-corrected chi connectivity index (χ2v) is 8.31. The van der Waals surface area contributed by atoms with Crippen LogP contribution >= 0.6 is 11.3 Å². The van der Waals surface area contributed by atoms with E-state index < -0.39 is 0 Å². The first-order valence-corrected chi connectivity index (χ1v) is 8.56. The molecule has 2 aliphatic rings. The summed E-state index contributed by atoms with van der Waals surface area (Å²) in [6.07, 6.45) is 4.61. The van der Waals surface area contributed by atoms with Gasteiger partial charge in [0.2, 0.25) is 0 Å². The number of thiazole rings is 1. The van der Waals surface area contributed by atoms with Crippen LogP contribution in [0, 0.1) is 0 Å². The molecule has 1 aromatic rings. The fourth-order valence-corrected chi connectivity index (χ4v) is 5.49. The maximum atomic E-state index is 6.36. The van der Waals surface area contributed by atoms with Crippen LogP contribution in [0.25, 0.3) is 0 Å². The smallest absolute Gasteiger partial charge is 0.116 e. The maximum Gasteiger partial charge on any atom is 0.116 e. The molecule has 0 aromatic carbocycles. The fraction of sp³-hybridized carbons (Fsp3) is 0.812. The minimum atomic E-state index is -0.238. The number of nitrogens with one attached hydrogen (secondary N) is 1. The number of ether oxygens (including phenoxy) is 1. The Labute approximate surface area is 126 Å². The maximum absolute atomic E-state index is 6.36. The molecule has 0 saturated carbocycles. The van der Waals surface area contributed by atoms with Crippen molar-refractivity contribution in [1.29, 1.82) is 0 Å². The molecule has 1 aliphatic heterocycles. The number of aryl methyl sites for hydroxylation is 2. The number of rotatable bonds is 3. The van der Waals surface area contributed by atoms with Gasteiger partial charge in [0.15, 0.2) is 0 Å². The molecule has 1 saturated heterocycles. The lowest BCUT2D eigenvalue weighted by molar-refractivity contribution is -0.0842. The van der Waals surface area contributed by atoms with Gasteiger partial charge in [-0.05, 0) is 53.5 Å². The predicted molar refractivity (Wildman–Crippen MR) is 83.4 cm³/mol. The van der Waals surface area contributed by atoms with Crippen LogP contribution in [0.5, 0.6) is 0 Å². The van der Waals surface area contributed by atoms with Crippen molar-refractivity contribution in [2.75, 3.05) is 6.54 Å². The molecule has 112 valence electrons. The van der Waals surface area contributed by atoms with Gasteiger partial charge in [-0.3, -0.25) is 0 Å². The summed E-state index contributed by atoms with van der Waals surface area (Å²) in [7, 11) is 0. The van der Waals surface area contributed by atoms with E-state index in [1.807, 2.05) is 11.3 Å². The average molecular weight is 294 g/mol. The standard InChI is InChI=1S/C16H26N2OS/c1-6-17-16(10-14(2,3)19-15(16,4)5)13-18-11-8-7-9-12(11)20-13/h17H,6-10H2,1-5H3. The van der Waals surface area contributed by atoms with Crippen molar-refractivity contribution in [2.45, 2.75) is 77.0 Å². The second-order valence-electron chi connectivity index (χ2n) is 7.23. The lowest BCUT2D eigenvalue weighted by Gasteiger charge is -2.39. The second kappa shape index (κ2) is 4.52. The Morgan fingerprint density at radius 2 is 2.00 bits per heavy atom. The van der Waals surface area contributed by atoms with Crippen molar-refractivity contribution in [3.8, 4) is 0 Å². The lowest BCUT2D eigenvalue weighted by atomic mass is 9.79. The summed E-state index contributed by atoms with van der Waals surface area (Å²) in [6, 6.07) is 0. The molecule has 20 heavy (non-hydrogen) atoms. The van der Waals surface area contributed by atoms with Crippen molar-refractivity contribution >= 4 is 11.3 Å². The minimum Gasteiger partial charge on any atom is -0.367 e. The molecule has 1 N–H and O–H groups in total. The fourth-order valence-electron chi connectivity index (χ4n) is 4.02. The van der Waals surface area contributed by atoms with Crippen LogP contribution in [0.3, 0.4) is 0 Å². The molecule has 3 nitrogen and oxygen atoms in total. The highest BCUT2D eigenvalue weighted by Gasteiger charge is 2.59. The van der Waals surface area contributed by atoms with Crippen LogP contribution in [0.1, 0.15) is 63.0 Å². The first kappa shape index (κ1) is 14.5. The third kappa shape index (κ3) is 2.04. The highest BCUT2D eigenvalue weighted by Crippen LogP contribution is 2.52. The Morgan fingerprint density at radius 1 is 1.25 bits per heavy atom. The number of fused-ring (bicyclic) bond motifs is 1. The van der Waals surface area contributed by atoms with Crippen LogP contribution in [-0.4, -0.2) is 22.7 Å². The Bertz CT molecular complexity index is 499. The molecule has 1 aliphatic carbocycles. The van der Waals surface area contributed by atoms with Crippen LogP contribution in [0.4, 0.5) is 0 Å². The zero-order chi connectivity index (χ0) is 14.6. The molecule has 1 unspecified atom stereocenters. The third-order valence-corrected chi connectivity index (χ3v) is 6.01. The van der Waals surface area contributed by atoms with Crippen LogP contribution < -0.4 is 5.32 Å². The zero-order valence-electron chi connectivity index (χ0n) is 13.3. The summed E-state index contributed by atoms with van der Waals surface area (Å²) in [5.41, 5.74) is 0.836. The molecule has 0 spiro atoms. The van der Waals surface area contributed by atoms with Crippen molar-refractivity contribution < 1.29 is 4.74 Å². The first-order chi connectivity index (χ1) is 9.30. The van der Waals surface area contributed by atoms with Crippen LogP contribution in [-0.2, 0) is 23.1 Å². The number of likely N-dealkylation sites (N-methyl/N-ethyl adjacent to an activating group) is 1. The van der Waals surface area contributed by atoms with Gasteiger partial charge in [-0.15, -0.1) is 11.3 Å². The molecular formula is C16H26N2OS. The van der Waals surface area contributed by atoms with Crippen molar-refractivity contribution in [3.63, 3.8) is 0 Å². The number of nitrogens with zero attached hydrogens (tertiary/aromatic N) is 1. The number of aromatic nitrogens is 1. The largest absolute Gasteiger partial charge is 0.367 e. The number of hydrogen-bond donors (Lipinski definition) is 1. The van der Waals surface area contributed by atoms with Gasteiger partial charge in [0.25, 0.3) is 0 Å². The van der Waals surface area contributed by atoms with E-state index in [4.69, 9.17) is 9.72 Å². The average Bonchev–Trinajstić information content (AvgIpc) is 2.88.